The molecule has 23 heavy (non-hydrogen) atoms. The van der Waals surface area contributed by atoms with Crippen molar-refractivity contribution >= 4 is 24.0 Å². The van der Waals surface area contributed by atoms with Gasteiger partial charge in [0.05, 0.1) is 0 Å². The molecule has 9 heteroatoms. The summed E-state index contributed by atoms with van der Waals surface area (Å²) in [6.45, 7) is 3.91. The van der Waals surface area contributed by atoms with Gasteiger partial charge in [-0.2, -0.15) is 15.0 Å². The van der Waals surface area contributed by atoms with Gasteiger partial charge in [-0.15, -0.1) is 5.06 Å². The Kier molecular flexibility index (Phi) is 4.02. The zero-order chi connectivity index (χ0) is 16.4. The van der Waals surface area contributed by atoms with Gasteiger partial charge in [-0.05, 0) is 32.0 Å². The predicted octanol–water partition coefficient (Wildman–Crippen LogP) is 2.02. The van der Waals surface area contributed by atoms with Gasteiger partial charge in [0.25, 0.3) is 0 Å². The summed E-state index contributed by atoms with van der Waals surface area (Å²) in [6.07, 6.45) is 0.831. The quantitative estimate of drug-likeness (QED) is 0.889. The van der Waals surface area contributed by atoms with Gasteiger partial charge in [0.15, 0.2) is 18.4 Å². The van der Waals surface area contributed by atoms with E-state index in [-0.39, 0.29) is 23.8 Å². The number of aliphatic imine (C=N–C) groups is 1. The molecule has 0 amide bonds. The maximum Gasteiger partial charge on any atom is 0.232 e. The predicted molar refractivity (Wildman–Crippen MR) is 83.2 cm³/mol. The zero-order valence-corrected chi connectivity index (χ0v) is 12.6. The fourth-order valence-electron chi connectivity index (χ4n) is 2.12. The molecule has 0 aliphatic carbocycles. The maximum atomic E-state index is 13.3. The second kappa shape index (κ2) is 6.13. The number of nitrogens with two attached hydrogens (primary N) is 1. The Bertz CT molecular complexity index is 737. The number of anilines is 3. The van der Waals surface area contributed by atoms with Crippen molar-refractivity contribution in [2.75, 3.05) is 11.1 Å². The van der Waals surface area contributed by atoms with Crippen molar-refractivity contribution in [2.24, 2.45) is 4.99 Å². The van der Waals surface area contributed by atoms with Crippen molar-refractivity contribution in [3.63, 3.8) is 0 Å². The Morgan fingerprint density at radius 1 is 1.30 bits per heavy atom. The van der Waals surface area contributed by atoms with Crippen LogP contribution in [-0.4, -0.2) is 32.5 Å². The van der Waals surface area contributed by atoms with E-state index in [2.05, 4.69) is 25.3 Å². The molecule has 2 heterocycles. The van der Waals surface area contributed by atoms with Crippen LogP contribution in [-0.2, 0) is 4.84 Å². The summed E-state index contributed by atoms with van der Waals surface area (Å²) in [7, 11) is 0. The van der Waals surface area contributed by atoms with Crippen LogP contribution in [0.15, 0.2) is 29.3 Å². The van der Waals surface area contributed by atoms with Crippen molar-refractivity contribution in [1.82, 2.24) is 20.0 Å². The number of nitrogens with one attached hydrogen (secondary N) is 1. The van der Waals surface area contributed by atoms with Gasteiger partial charge in [0.2, 0.25) is 11.9 Å². The van der Waals surface area contributed by atoms with Crippen LogP contribution in [0.2, 0.25) is 0 Å². The van der Waals surface area contributed by atoms with E-state index in [0.717, 1.165) is 0 Å². The Morgan fingerprint density at radius 3 is 2.87 bits per heavy atom. The Labute approximate surface area is 132 Å². The van der Waals surface area contributed by atoms with E-state index in [1.165, 1.54) is 18.5 Å². The Hall–Kier alpha value is -2.81. The summed E-state index contributed by atoms with van der Waals surface area (Å²) in [4.78, 5) is 21.9. The fourth-order valence-corrected chi connectivity index (χ4v) is 2.12. The lowest BCUT2D eigenvalue weighted by molar-refractivity contribution is -0.108. The number of benzene rings is 1. The Morgan fingerprint density at radius 2 is 2.13 bits per heavy atom. The van der Waals surface area contributed by atoms with E-state index in [9.17, 15) is 4.39 Å². The largest absolute Gasteiger partial charge is 0.391 e. The second-order valence-electron chi connectivity index (χ2n) is 5.20. The van der Waals surface area contributed by atoms with E-state index >= 15 is 0 Å². The highest BCUT2D eigenvalue weighted by molar-refractivity contribution is 5.54. The topological polar surface area (TPSA) is 102 Å². The lowest BCUT2D eigenvalue weighted by Crippen LogP contribution is -2.31. The first kappa shape index (κ1) is 15.1. The highest BCUT2D eigenvalue weighted by Gasteiger charge is 2.30. The first-order chi connectivity index (χ1) is 11.0. The van der Waals surface area contributed by atoms with E-state index in [4.69, 9.17) is 10.6 Å². The van der Waals surface area contributed by atoms with Crippen molar-refractivity contribution in [2.45, 2.75) is 26.1 Å². The van der Waals surface area contributed by atoms with Gasteiger partial charge < -0.3 is 15.9 Å². The molecule has 1 atom stereocenters. The van der Waals surface area contributed by atoms with E-state index in [1.54, 1.807) is 17.2 Å². The number of hydroxylamine groups is 2. The minimum Gasteiger partial charge on any atom is -0.391 e. The summed E-state index contributed by atoms with van der Waals surface area (Å²) in [5.41, 5.74) is 6.25. The first-order valence-corrected chi connectivity index (χ1v) is 7.04. The molecule has 2 aromatic rings. The van der Waals surface area contributed by atoms with Gasteiger partial charge in [0.1, 0.15) is 5.82 Å². The highest BCUT2D eigenvalue weighted by atomic mass is 19.1. The molecule has 1 aromatic carbocycles. The van der Waals surface area contributed by atoms with Gasteiger partial charge in [-0.3, -0.25) is 0 Å². The molecule has 0 radical (unpaired) electrons. The average molecular weight is 317 g/mol. The van der Waals surface area contributed by atoms with Gasteiger partial charge in [-0.25, -0.2) is 9.38 Å². The minimum absolute atomic E-state index is 0.0414. The second-order valence-corrected chi connectivity index (χ2v) is 5.20. The van der Waals surface area contributed by atoms with E-state index < -0.39 is 6.17 Å². The normalized spacial score (nSPS) is 17.5. The maximum absolute atomic E-state index is 13.3. The summed E-state index contributed by atoms with van der Waals surface area (Å²) in [5, 5.41) is 4.54. The summed E-state index contributed by atoms with van der Waals surface area (Å²) in [6, 6.07) is 6.03. The molecule has 1 aliphatic heterocycles. The van der Waals surface area contributed by atoms with Crippen LogP contribution in [0, 0.1) is 5.82 Å². The van der Waals surface area contributed by atoms with Crippen LogP contribution in [0.5, 0.6) is 0 Å². The van der Waals surface area contributed by atoms with E-state index in [1.807, 2.05) is 13.8 Å². The molecule has 0 bridgehead atoms. The molecule has 1 aromatic heterocycles. The van der Waals surface area contributed by atoms with Gasteiger partial charge in [0, 0.05) is 11.7 Å². The summed E-state index contributed by atoms with van der Waals surface area (Å²) >= 11 is 0. The SMILES string of the molecule is CC(C)N1OC=NC1c1nc(N)nc(Nc2cccc(F)c2)n1. The molecule has 120 valence electrons. The highest BCUT2D eigenvalue weighted by Crippen LogP contribution is 2.26. The van der Waals surface area contributed by atoms with Gasteiger partial charge >= 0.3 is 0 Å². The number of nitrogens with zero attached hydrogens (tertiary/aromatic N) is 5. The monoisotopic (exact) mass is 317 g/mol. The lowest BCUT2D eigenvalue weighted by atomic mass is 10.3. The van der Waals surface area contributed by atoms with Crippen LogP contribution >= 0.6 is 0 Å². The summed E-state index contributed by atoms with van der Waals surface area (Å²) in [5.74, 6) is 0.236. The number of halogens is 1. The first-order valence-electron chi connectivity index (χ1n) is 7.04. The molecule has 8 nitrogen and oxygen atoms in total. The average Bonchev–Trinajstić information content (AvgIpc) is 2.96. The molecule has 3 N–H and O–H groups in total. The Balaban J connectivity index is 1.89. The van der Waals surface area contributed by atoms with Crippen LogP contribution in [0.4, 0.5) is 22.0 Å². The molecule has 0 fully saturated rings. The standard InChI is InChI=1S/C14H16FN7O/c1-8(2)22-12(17-7-23-22)11-19-13(16)21-14(20-11)18-10-5-3-4-9(15)6-10/h3-8,12H,1-2H3,(H3,16,18,19,20,21). The number of rotatable bonds is 4. The van der Waals surface area contributed by atoms with Crippen LogP contribution in [0.25, 0.3) is 0 Å². The molecular weight excluding hydrogens is 301 g/mol. The van der Waals surface area contributed by atoms with Crippen LogP contribution in [0.1, 0.15) is 25.8 Å². The van der Waals surface area contributed by atoms with Crippen molar-refractivity contribution < 1.29 is 9.23 Å². The number of aromatic nitrogens is 3. The molecule has 0 saturated heterocycles. The molecule has 0 saturated carbocycles. The number of hydrogen-bond donors (Lipinski definition) is 2. The smallest absolute Gasteiger partial charge is 0.232 e. The molecular formula is C14H16FN7O. The van der Waals surface area contributed by atoms with Crippen molar-refractivity contribution in [1.29, 1.82) is 0 Å². The molecule has 1 aliphatic rings. The third-order valence-electron chi connectivity index (χ3n) is 3.10. The molecule has 0 spiro atoms. The van der Waals surface area contributed by atoms with Crippen molar-refractivity contribution in [3.8, 4) is 0 Å². The number of hydrogen-bond acceptors (Lipinski definition) is 8. The zero-order valence-electron chi connectivity index (χ0n) is 12.6. The fraction of sp³-hybridized carbons (Fsp3) is 0.286. The minimum atomic E-state index is -0.506. The molecule has 1 unspecified atom stereocenters. The van der Waals surface area contributed by atoms with Gasteiger partial charge in [-0.1, -0.05) is 6.07 Å². The lowest BCUT2D eigenvalue weighted by Gasteiger charge is -2.23. The van der Waals surface area contributed by atoms with E-state index in [0.29, 0.717) is 11.5 Å². The van der Waals surface area contributed by atoms with Crippen LogP contribution in [0.3, 0.4) is 0 Å². The summed E-state index contributed by atoms with van der Waals surface area (Å²) < 4.78 is 13.3. The van der Waals surface area contributed by atoms with Crippen LogP contribution < -0.4 is 11.1 Å². The van der Waals surface area contributed by atoms with Crippen molar-refractivity contribution in [3.05, 3.63) is 35.9 Å². The third-order valence-corrected chi connectivity index (χ3v) is 3.10. The molecule has 3 rings (SSSR count). The number of nitrogen functional groups attached to an aromatic ring is 1. The third kappa shape index (κ3) is 3.34.